The number of hydrogen-bond donors (Lipinski definition) is 0. The van der Waals surface area contributed by atoms with Gasteiger partial charge in [0.15, 0.2) is 5.69 Å². The van der Waals surface area contributed by atoms with Crippen LogP contribution >= 0.6 is 11.8 Å². The fraction of sp³-hybridized carbons (Fsp3) is 0.250. The SMILES string of the molecule is CSc1c(OC(F)(F)F)ccnc1C#N. The zero-order valence-electron chi connectivity index (χ0n) is 7.50. The highest BCUT2D eigenvalue weighted by atomic mass is 32.2. The number of rotatable bonds is 2. The molecule has 7 heteroatoms. The molecule has 15 heavy (non-hydrogen) atoms. The smallest absolute Gasteiger partial charge is 0.404 e. The van der Waals surface area contributed by atoms with Gasteiger partial charge in [0, 0.05) is 12.3 Å². The van der Waals surface area contributed by atoms with Crippen molar-refractivity contribution in [2.24, 2.45) is 0 Å². The van der Waals surface area contributed by atoms with Gasteiger partial charge in [-0.05, 0) is 6.26 Å². The van der Waals surface area contributed by atoms with E-state index in [9.17, 15) is 13.2 Å². The van der Waals surface area contributed by atoms with Crippen LogP contribution in [0.25, 0.3) is 0 Å². The first kappa shape index (κ1) is 11.7. The molecule has 1 aromatic rings. The molecule has 1 aromatic heterocycles. The lowest BCUT2D eigenvalue weighted by Gasteiger charge is -2.11. The van der Waals surface area contributed by atoms with Crippen molar-refractivity contribution in [1.82, 2.24) is 4.98 Å². The van der Waals surface area contributed by atoms with Crippen LogP contribution in [-0.4, -0.2) is 17.6 Å². The van der Waals surface area contributed by atoms with Crippen LogP contribution in [-0.2, 0) is 0 Å². The molecule has 0 aromatic carbocycles. The Kier molecular flexibility index (Phi) is 3.42. The highest BCUT2D eigenvalue weighted by molar-refractivity contribution is 7.98. The van der Waals surface area contributed by atoms with E-state index >= 15 is 0 Å². The van der Waals surface area contributed by atoms with Crippen molar-refractivity contribution in [1.29, 1.82) is 5.26 Å². The number of halogens is 3. The Morgan fingerprint density at radius 3 is 2.67 bits per heavy atom. The third kappa shape index (κ3) is 3.02. The molecule has 0 saturated carbocycles. The summed E-state index contributed by atoms with van der Waals surface area (Å²) in [5, 5.41) is 8.61. The van der Waals surface area contributed by atoms with Gasteiger partial charge < -0.3 is 4.74 Å². The largest absolute Gasteiger partial charge is 0.573 e. The van der Waals surface area contributed by atoms with E-state index < -0.39 is 12.1 Å². The first-order valence-electron chi connectivity index (χ1n) is 3.66. The summed E-state index contributed by atoms with van der Waals surface area (Å²) in [6.07, 6.45) is -2.13. The Morgan fingerprint density at radius 2 is 2.20 bits per heavy atom. The Labute approximate surface area is 87.9 Å². The lowest BCUT2D eigenvalue weighted by Crippen LogP contribution is -2.17. The van der Waals surface area contributed by atoms with Crippen molar-refractivity contribution >= 4 is 11.8 Å². The lowest BCUT2D eigenvalue weighted by atomic mass is 10.3. The van der Waals surface area contributed by atoms with Crippen molar-refractivity contribution in [2.45, 2.75) is 11.3 Å². The Morgan fingerprint density at radius 1 is 1.53 bits per heavy atom. The van der Waals surface area contributed by atoms with Crippen molar-refractivity contribution in [2.75, 3.05) is 6.26 Å². The number of hydrogen-bond acceptors (Lipinski definition) is 4. The maximum absolute atomic E-state index is 12.0. The van der Waals surface area contributed by atoms with E-state index in [-0.39, 0.29) is 10.6 Å². The average molecular weight is 234 g/mol. The number of aromatic nitrogens is 1. The molecule has 1 rings (SSSR count). The van der Waals surface area contributed by atoms with Gasteiger partial charge in [-0.3, -0.25) is 0 Å². The van der Waals surface area contributed by atoms with Gasteiger partial charge in [0.1, 0.15) is 11.8 Å². The minimum atomic E-state index is -4.77. The topological polar surface area (TPSA) is 45.9 Å². The number of thioether (sulfide) groups is 1. The summed E-state index contributed by atoms with van der Waals surface area (Å²) < 4.78 is 39.6. The number of alkyl halides is 3. The number of ether oxygens (including phenoxy) is 1. The maximum Gasteiger partial charge on any atom is 0.573 e. The summed E-state index contributed by atoms with van der Waals surface area (Å²) in [5.41, 5.74) is -0.0794. The van der Waals surface area contributed by atoms with Crippen LogP contribution in [0.3, 0.4) is 0 Å². The summed E-state index contributed by atoms with van der Waals surface area (Å²) in [6, 6.07) is 2.76. The molecule has 0 bridgehead atoms. The molecule has 0 N–H and O–H groups in total. The molecule has 0 amide bonds. The van der Waals surface area contributed by atoms with E-state index in [4.69, 9.17) is 5.26 Å². The normalized spacial score (nSPS) is 10.9. The van der Waals surface area contributed by atoms with E-state index in [1.807, 2.05) is 0 Å². The van der Waals surface area contributed by atoms with Gasteiger partial charge >= 0.3 is 6.36 Å². The molecule has 0 fully saturated rings. The zero-order chi connectivity index (χ0) is 11.5. The summed E-state index contributed by atoms with van der Waals surface area (Å²) in [5.74, 6) is -0.401. The molecule has 0 spiro atoms. The Balaban J connectivity index is 3.14. The van der Waals surface area contributed by atoms with Gasteiger partial charge in [-0.2, -0.15) is 5.26 Å². The fourth-order valence-corrected chi connectivity index (χ4v) is 1.52. The number of nitriles is 1. The van der Waals surface area contributed by atoms with Crippen LogP contribution in [0.1, 0.15) is 5.69 Å². The summed E-state index contributed by atoms with van der Waals surface area (Å²) in [7, 11) is 0. The Bertz CT molecular complexity index is 400. The van der Waals surface area contributed by atoms with Gasteiger partial charge in [0.2, 0.25) is 0 Å². The fourth-order valence-electron chi connectivity index (χ4n) is 0.912. The second kappa shape index (κ2) is 4.40. The first-order valence-corrected chi connectivity index (χ1v) is 4.89. The molecule has 0 aliphatic carbocycles. The van der Waals surface area contributed by atoms with Crippen LogP contribution < -0.4 is 4.74 Å². The van der Waals surface area contributed by atoms with Gasteiger partial charge in [-0.25, -0.2) is 4.98 Å². The highest BCUT2D eigenvalue weighted by Gasteiger charge is 2.32. The second-order valence-electron chi connectivity index (χ2n) is 2.35. The number of pyridine rings is 1. The minimum Gasteiger partial charge on any atom is -0.404 e. The third-order valence-electron chi connectivity index (χ3n) is 1.40. The summed E-state index contributed by atoms with van der Waals surface area (Å²) in [4.78, 5) is 3.71. The predicted molar refractivity (Wildman–Crippen MR) is 47.4 cm³/mol. The molecule has 0 atom stereocenters. The van der Waals surface area contributed by atoms with Gasteiger partial charge in [0.25, 0.3) is 0 Å². The standard InChI is InChI=1S/C8H5F3N2OS/c1-15-7-5(4-12)13-3-2-6(7)14-8(9,10)11/h2-3H,1H3. The van der Waals surface area contributed by atoms with E-state index in [1.54, 1.807) is 12.3 Å². The first-order chi connectivity index (χ1) is 6.98. The van der Waals surface area contributed by atoms with E-state index in [1.165, 1.54) is 0 Å². The molecule has 0 aliphatic heterocycles. The summed E-state index contributed by atoms with van der Waals surface area (Å²) >= 11 is 0.977. The van der Waals surface area contributed by atoms with Crippen LogP contribution in [0.4, 0.5) is 13.2 Å². The van der Waals surface area contributed by atoms with Crippen LogP contribution in [0.2, 0.25) is 0 Å². The molecule has 0 unspecified atom stereocenters. The van der Waals surface area contributed by atoms with Crippen molar-refractivity contribution in [3.05, 3.63) is 18.0 Å². The van der Waals surface area contributed by atoms with Crippen LogP contribution in [0, 0.1) is 11.3 Å². The molecular formula is C8H5F3N2OS. The van der Waals surface area contributed by atoms with Crippen LogP contribution in [0.15, 0.2) is 17.2 Å². The maximum atomic E-state index is 12.0. The van der Waals surface area contributed by atoms with E-state index in [0.717, 1.165) is 24.0 Å². The zero-order valence-corrected chi connectivity index (χ0v) is 8.32. The van der Waals surface area contributed by atoms with Gasteiger partial charge in [-0.15, -0.1) is 24.9 Å². The van der Waals surface area contributed by atoms with Crippen molar-refractivity contribution in [3.63, 3.8) is 0 Å². The molecule has 80 valence electrons. The van der Waals surface area contributed by atoms with Crippen LogP contribution in [0.5, 0.6) is 5.75 Å². The molecule has 0 radical (unpaired) electrons. The molecular weight excluding hydrogens is 229 g/mol. The Hall–Kier alpha value is -1.42. The molecule has 0 aliphatic rings. The molecule has 0 saturated heterocycles. The van der Waals surface area contributed by atoms with Crippen molar-refractivity contribution < 1.29 is 17.9 Å². The average Bonchev–Trinajstić information content (AvgIpc) is 2.15. The predicted octanol–water partition coefficient (Wildman–Crippen LogP) is 2.57. The monoisotopic (exact) mass is 234 g/mol. The second-order valence-corrected chi connectivity index (χ2v) is 3.17. The lowest BCUT2D eigenvalue weighted by molar-refractivity contribution is -0.275. The molecule has 1 heterocycles. The third-order valence-corrected chi connectivity index (χ3v) is 2.21. The highest BCUT2D eigenvalue weighted by Crippen LogP contribution is 2.33. The van der Waals surface area contributed by atoms with Gasteiger partial charge in [-0.1, -0.05) is 0 Å². The minimum absolute atomic E-state index is 0.0794. The summed E-state index contributed by atoms with van der Waals surface area (Å²) in [6.45, 7) is 0. The number of nitrogens with zero attached hydrogens (tertiary/aromatic N) is 2. The van der Waals surface area contributed by atoms with Gasteiger partial charge in [0.05, 0.1) is 4.90 Å². The van der Waals surface area contributed by atoms with E-state index in [2.05, 4.69) is 9.72 Å². The van der Waals surface area contributed by atoms with Crippen molar-refractivity contribution in [3.8, 4) is 11.8 Å². The van der Waals surface area contributed by atoms with E-state index in [0.29, 0.717) is 0 Å². The molecule has 3 nitrogen and oxygen atoms in total. The quantitative estimate of drug-likeness (QED) is 0.738.